The number of esters is 1. The highest BCUT2D eigenvalue weighted by molar-refractivity contribution is 5.89. The summed E-state index contributed by atoms with van der Waals surface area (Å²) in [5, 5.41) is 0. The lowest BCUT2D eigenvalue weighted by molar-refractivity contribution is 0.0450. The lowest BCUT2D eigenvalue weighted by Crippen LogP contribution is -2.13. The van der Waals surface area contributed by atoms with Crippen LogP contribution in [0.2, 0.25) is 0 Å². The first kappa shape index (κ1) is 22.0. The minimum absolute atomic E-state index is 0.122. The Balaban J connectivity index is 1.79. The first-order chi connectivity index (χ1) is 13.3. The third kappa shape index (κ3) is 6.40. The van der Waals surface area contributed by atoms with E-state index in [0.717, 1.165) is 12.2 Å². The normalized spacial score (nSPS) is 12.5. The largest absolute Gasteiger partial charge is 0.490 e. The van der Waals surface area contributed by atoms with Crippen molar-refractivity contribution in [2.45, 2.75) is 65.2 Å². The molecule has 0 aliphatic rings. The van der Waals surface area contributed by atoms with Gasteiger partial charge in [-0.25, -0.2) is 4.79 Å². The Labute approximate surface area is 170 Å². The number of hydrogen-bond acceptors (Lipinski definition) is 3. The minimum Gasteiger partial charge on any atom is -0.490 e. The number of hydrogen-bond donors (Lipinski definition) is 0. The molecule has 2 aromatic rings. The van der Waals surface area contributed by atoms with Crippen molar-refractivity contribution in [3.8, 4) is 5.75 Å². The molecule has 0 heterocycles. The molecule has 28 heavy (non-hydrogen) atoms. The van der Waals surface area contributed by atoms with Crippen LogP contribution in [0.25, 0.3) is 0 Å². The van der Waals surface area contributed by atoms with E-state index < -0.39 is 0 Å². The minimum atomic E-state index is -0.304. The van der Waals surface area contributed by atoms with Crippen molar-refractivity contribution in [2.24, 2.45) is 0 Å². The third-order valence-electron chi connectivity index (χ3n) is 5.05. The predicted octanol–water partition coefficient (Wildman–Crippen LogP) is 6.51. The zero-order valence-electron chi connectivity index (χ0n) is 18.0. The van der Waals surface area contributed by atoms with Gasteiger partial charge in [0, 0.05) is 0 Å². The van der Waals surface area contributed by atoms with Crippen LogP contribution in [-0.2, 0) is 10.2 Å². The highest BCUT2D eigenvalue weighted by atomic mass is 16.6. The fraction of sp³-hybridized carbons (Fsp3) is 0.480. The number of rotatable bonds is 9. The fourth-order valence-electron chi connectivity index (χ4n) is 3.27. The first-order valence-electron chi connectivity index (χ1n) is 10.4. The number of carbonyl (C=O) groups excluding carboxylic acids is 1. The van der Waals surface area contributed by atoms with Gasteiger partial charge < -0.3 is 9.47 Å². The Morgan fingerprint density at radius 3 is 2.11 bits per heavy atom. The van der Waals surface area contributed by atoms with Gasteiger partial charge in [0.1, 0.15) is 19.0 Å². The predicted molar refractivity (Wildman–Crippen MR) is 115 cm³/mol. The van der Waals surface area contributed by atoms with E-state index in [2.05, 4.69) is 46.8 Å². The molecule has 0 amide bonds. The second-order valence-corrected chi connectivity index (χ2v) is 8.27. The summed E-state index contributed by atoms with van der Waals surface area (Å²) in [6, 6.07) is 15.9. The molecule has 0 saturated heterocycles. The van der Waals surface area contributed by atoms with Gasteiger partial charge in [-0.3, -0.25) is 0 Å². The van der Waals surface area contributed by atoms with Crippen molar-refractivity contribution in [3.05, 3.63) is 65.2 Å². The van der Waals surface area contributed by atoms with E-state index in [-0.39, 0.29) is 18.0 Å². The lowest BCUT2D eigenvalue weighted by Gasteiger charge is -2.19. The average Bonchev–Trinajstić information content (AvgIpc) is 2.69. The van der Waals surface area contributed by atoms with Crippen LogP contribution in [0.1, 0.15) is 81.3 Å². The summed E-state index contributed by atoms with van der Waals surface area (Å²) in [4.78, 5) is 12.2. The molecule has 0 saturated carbocycles. The van der Waals surface area contributed by atoms with Crippen LogP contribution in [0.15, 0.2) is 48.5 Å². The molecule has 0 fully saturated rings. The SMILES string of the molecule is CCCC(CC)c1ccc(C(=O)OCCOc2ccc(C(C)(C)C)cc2)cc1. The Kier molecular flexibility index (Phi) is 8.10. The average molecular weight is 383 g/mol. The van der Waals surface area contributed by atoms with Crippen LogP contribution in [0.3, 0.4) is 0 Å². The zero-order valence-corrected chi connectivity index (χ0v) is 18.0. The van der Waals surface area contributed by atoms with E-state index in [9.17, 15) is 4.79 Å². The topological polar surface area (TPSA) is 35.5 Å². The fourth-order valence-corrected chi connectivity index (χ4v) is 3.27. The van der Waals surface area contributed by atoms with Crippen molar-refractivity contribution in [1.29, 1.82) is 0 Å². The molecule has 0 aliphatic carbocycles. The maximum absolute atomic E-state index is 12.2. The maximum Gasteiger partial charge on any atom is 0.338 e. The summed E-state index contributed by atoms with van der Waals surface area (Å²) in [5.74, 6) is 1.05. The molecule has 0 radical (unpaired) electrons. The Hall–Kier alpha value is -2.29. The summed E-state index contributed by atoms with van der Waals surface area (Å²) < 4.78 is 11.0. The Morgan fingerprint density at radius 1 is 0.929 bits per heavy atom. The molecule has 0 N–H and O–H groups in total. The van der Waals surface area contributed by atoms with Crippen molar-refractivity contribution in [2.75, 3.05) is 13.2 Å². The molecule has 3 heteroatoms. The summed E-state index contributed by atoms with van der Waals surface area (Å²) in [7, 11) is 0. The molecule has 0 spiro atoms. The van der Waals surface area contributed by atoms with E-state index in [0.29, 0.717) is 18.1 Å². The second kappa shape index (κ2) is 10.3. The second-order valence-electron chi connectivity index (χ2n) is 8.27. The molecule has 152 valence electrons. The summed E-state index contributed by atoms with van der Waals surface area (Å²) in [6.45, 7) is 11.5. The van der Waals surface area contributed by atoms with Crippen LogP contribution in [0.5, 0.6) is 5.75 Å². The van der Waals surface area contributed by atoms with E-state index in [4.69, 9.17) is 9.47 Å². The number of ether oxygens (including phenoxy) is 2. The van der Waals surface area contributed by atoms with Gasteiger partial charge in [-0.1, -0.05) is 65.3 Å². The van der Waals surface area contributed by atoms with Gasteiger partial charge in [-0.2, -0.15) is 0 Å². The molecule has 2 rings (SSSR count). The number of benzene rings is 2. The summed E-state index contributed by atoms with van der Waals surface area (Å²) in [6.07, 6.45) is 3.46. The van der Waals surface area contributed by atoms with E-state index >= 15 is 0 Å². The van der Waals surface area contributed by atoms with Crippen molar-refractivity contribution in [3.63, 3.8) is 0 Å². The van der Waals surface area contributed by atoms with Crippen LogP contribution in [-0.4, -0.2) is 19.2 Å². The van der Waals surface area contributed by atoms with E-state index in [1.54, 1.807) is 0 Å². The monoisotopic (exact) mass is 382 g/mol. The Bertz CT molecular complexity index is 724. The summed E-state index contributed by atoms with van der Waals surface area (Å²) in [5.41, 5.74) is 3.27. The zero-order chi connectivity index (χ0) is 20.6. The maximum atomic E-state index is 12.2. The molecule has 3 nitrogen and oxygen atoms in total. The highest BCUT2D eigenvalue weighted by Crippen LogP contribution is 2.25. The highest BCUT2D eigenvalue weighted by Gasteiger charge is 2.13. The third-order valence-corrected chi connectivity index (χ3v) is 5.05. The van der Waals surface area contributed by atoms with Crippen molar-refractivity contribution >= 4 is 5.97 Å². The van der Waals surface area contributed by atoms with Crippen LogP contribution in [0, 0.1) is 0 Å². The molecule has 1 unspecified atom stereocenters. The van der Waals surface area contributed by atoms with Crippen LogP contribution < -0.4 is 4.74 Å². The van der Waals surface area contributed by atoms with Gasteiger partial charge in [0.15, 0.2) is 0 Å². The molecular weight excluding hydrogens is 348 g/mol. The van der Waals surface area contributed by atoms with Crippen LogP contribution in [0.4, 0.5) is 0 Å². The molecular formula is C25H34O3. The van der Waals surface area contributed by atoms with E-state index in [1.807, 2.05) is 36.4 Å². The molecule has 2 aromatic carbocycles. The summed E-state index contributed by atoms with van der Waals surface area (Å²) >= 11 is 0. The lowest BCUT2D eigenvalue weighted by atomic mass is 9.87. The van der Waals surface area contributed by atoms with Gasteiger partial charge in [-0.15, -0.1) is 0 Å². The molecule has 0 aliphatic heterocycles. The van der Waals surface area contributed by atoms with E-state index in [1.165, 1.54) is 24.0 Å². The van der Waals surface area contributed by atoms with Crippen molar-refractivity contribution in [1.82, 2.24) is 0 Å². The van der Waals surface area contributed by atoms with Crippen LogP contribution >= 0.6 is 0 Å². The Morgan fingerprint density at radius 2 is 1.57 bits per heavy atom. The van der Waals surface area contributed by atoms with Gasteiger partial charge in [-0.05, 0) is 59.6 Å². The smallest absolute Gasteiger partial charge is 0.338 e. The van der Waals surface area contributed by atoms with Gasteiger partial charge >= 0.3 is 5.97 Å². The van der Waals surface area contributed by atoms with Gasteiger partial charge in [0.05, 0.1) is 5.56 Å². The molecule has 0 aromatic heterocycles. The first-order valence-corrected chi connectivity index (χ1v) is 10.4. The molecule has 0 bridgehead atoms. The quantitative estimate of drug-likeness (QED) is 0.366. The van der Waals surface area contributed by atoms with Gasteiger partial charge in [0.25, 0.3) is 0 Å². The van der Waals surface area contributed by atoms with Crippen molar-refractivity contribution < 1.29 is 14.3 Å². The standard InChI is InChI=1S/C25H34O3/c1-6-8-19(7-2)20-9-11-21(12-10-20)24(26)28-18-17-27-23-15-13-22(14-16-23)25(3,4)5/h9-16,19H,6-8,17-18H2,1-5H3. The number of carbonyl (C=O) groups is 1. The van der Waals surface area contributed by atoms with Gasteiger partial charge in [0.2, 0.25) is 0 Å². The molecule has 1 atom stereocenters.